The third kappa shape index (κ3) is 2.51. The summed E-state index contributed by atoms with van der Waals surface area (Å²) in [7, 11) is 0. The molecule has 0 fully saturated rings. The van der Waals surface area contributed by atoms with Crippen LogP contribution < -0.4 is 3.61 Å². The molecule has 4 nitrogen and oxygen atoms in total. The van der Waals surface area contributed by atoms with Crippen molar-refractivity contribution in [3.05, 3.63) is 36.7 Å². The Labute approximate surface area is 86.0 Å². The molecule has 2 rings (SSSR count). The molecule has 66 valence electrons. The van der Waals surface area contributed by atoms with E-state index in [2.05, 4.69) is 39.8 Å². The van der Waals surface area contributed by atoms with Crippen molar-refractivity contribution in [2.24, 2.45) is 0 Å². The van der Waals surface area contributed by atoms with E-state index in [1.807, 2.05) is 6.07 Å². The van der Waals surface area contributed by atoms with Gasteiger partial charge in [0.1, 0.15) is 0 Å². The molecular weight excluding hydrogens is 280 g/mol. The monoisotopic (exact) mass is 290 g/mol. The molecule has 1 aromatic heterocycles. The summed E-state index contributed by atoms with van der Waals surface area (Å²) in [4.78, 5) is 0. The first kappa shape index (κ1) is 8.67. The Morgan fingerprint density at radius 3 is 2.77 bits per heavy atom. The maximum atomic E-state index is 3.82. The van der Waals surface area contributed by atoms with Crippen LogP contribution in [0.1, 0.15) is 0 Å². The number of hydrogen-bond donors (Lipinski definition) is 0. The van der Waals surface area contributed by atoms with E-state index in [-0.39, 0.29) is 20.9 Å². The second-order valence-electron chi connectivity index (χ2n) is 2.44. The van der Waals surface area contributed by atoms with Gasteiger partial charge in [-0.2, -0.15) is 0 Å². The van der Waals surface area contributed by atoms with Gasteiger partial charge in [0.25, 0.3) is 0 Å². The average Bonchev–Trinajstić information content (AvgIpc) is 2.69. The first-order valence-electron chi connectivity index (χ1n) is 3.84. The summed E-state index contributed by atoms with van der Waals surface area (Å²) < 4.78 is 4.18. The van der Waals surface area contributed by atoms with Gasteiger partial charge in [0.15, 0.2) is 0 Å². The van der Waals surface area contributed by atoms with Crippen molar-refractivity contribution in [2.75, 3.05) is 0 Å². The van der Waals surface area contributed by atoms with Crippen LogP contribution in [-0.4, -0.2) is 41.1 Å². The van der Waals surface area contributed by atoms with Gasteiger partial charge in [0.05, 0.1) is 0 Å². The van der Waals surface area contributed by atoms with Crippen molar-refractivity contribution in [3.8, 4) is 0 Å². The Morgan fingerprint density at radius 2 is 2.08 bits per heavy atom. The molecule has 0 radical (unpaired) electrons. The molecule has 0 spiro atoms. The number of hydrogen-bond acceptors (Lipinski definition) is 3. The molecule has 0 N–H and O–H groups in total. The van der Waals surface area contributed by atoms with Crippen molar-refractivity contribution < 1.29 is 0 Å². The van der Waals surface area contributed by atoms with Gasteiger partial charge in [0, 0.05) is 0 Å². The molecule has 0 aliphatic heterocycles. The van der Waals surface area contributed by atoms with Crippen LogP contribution in [-0.2, 0) is 4.59 Å². The fraction of sp³-hybridized carbons (Fsp3) is 0.125. The number of tetrazole rings is 1. The van der Waals surface area contributed by atoms with Crippen LogP contribution in [0.4, 0.5) is 0 Å². The molecule has 0 atom stereocenters. The number of aromatic nitrogens is 4. The molecule has 0 unspecified atom stereocenters. The molecule has 13 heavy (non-hydrogen) atoms. The molecule has 0 amide bonds. The van der Waals surface area contributed by atoms with E-state index in [0.717, 1.165) is 4.59 Å². The Kier molecular flexibility index (Phi) is 2.90. The number of benzene rings is 1. The van der Waals surface area contributed by atoms with Gasteiger partial charge >= 0.3 is 86.0 Å². The molecule has 0 saturated heterocycles. The topological polar surface area (TPSA) is 43.6 Å². The zero-order valence-electron chi connectivity index (χ0n) is 6.87. The van der Waals surface area contributed by atoms with Crippen LogP contribution in [0.5, 0.6) is 0 Å². The molecular formula is C8H8N4Te. The van der Waals surface area contributed by atoms with Crippen LogP contribution in [0, 0.1) is 0 Å². The molecule has 1 aromatic carbocycles. The molecule has 5 heteroatoms. The van der Waals surface area contributed by atoms with E-state index in [1.165, 1.54) is 3.61 Å². The predicted octanol–water partition coefficient (Wildman–Crippen LogP) is -0.340. The van der Waals surface area contributed by atoms with Gasteiger partial charge in [0.2, 0.25) is 0 Å². The normalized spacial score (nSPS) is 10.2. The van der Waals surface area contributed by atoms with E-state index in [0.29, 0.717) is 0 Å². The van der Waals surface area contributed by atoms with Crippen LogP contribution in [0.25, 0.3) is 0 Å². The van der Waals surface area contributed by atoms with E-state index in [1.54, 1.807) is 11.0 Å². The summed E-state index contributed by atoms with van der Waals surface area (Å²) in [6.45, 7) is 0. The summed E-state index contributed by atoms with van der Waals surface area (Å²) in [5, 5.41) is 11.0. The van der Waals surface area contributed by atoms with E-state index >= 15 is 0 Å². The van der Waals surface area contributed by atoms with Crippen LogP contribution in [0.2, 0.25) is 0 Å². The first-order valence-corrected chi connectivity index (χ1v) is 6.65. The first-order chi connectivity index (χ1) is 6.45. The Balaban J connectivity index is 1.94. The number of rotatable bonds is 3. The zero-order valence-corrected chi connectivity index (χ0v) is 9.20. The van der Waals surface area contributed by atoms with Crippen molar-refractivity contribution >= 4 is 24.5 Å². The van der Waals surface area contributed by atoms with Gasteiger partial charge in [-0.15, -0.1) is 0 Å². The van der Waals surface area contributed by atoms with Crippen molar-refractivity contribution in [1.82, 2.24) is 20.2 Å². The predicted molar refractivity (Wildman–Crippen MR) is 49.6 cm³/mol. The molecule has 0 saturated carbocycles. The Morgan fingerprint density at radius 1 is 1.23 bits per heavy atom. The molecule has 0 bridgehead atoms. The van der Waals surface area contributed by atoms with Gasteiger partial charge < -0.3 is 0 Å². The fourth-order valence-corrected chi connectivity index (χ4v) is 3.04. The third-order valence-corrected chi connectivity index (χ3v) is 4.35. The summed E-state index contributed by atoms with van der Waals surface area (Å²) in [6.07, 6.45) is 1.66. The molecule has 0 aliphatic rings. The second kappa shape index (κ2) is 4.35. The molecule has 1 heterocycles. The van der Waals surface area contributed by atoms with Crippen LogP contribution in [0.3, 0.4) is 0 Å². The quantitative estimate of drug-likeness (QED) is 0.726. The standard InChI is InChI=1S/C8H8N4Te/c1-2-4-8(5-3-1)13-7-12-6-9-10-11-12/h1-6H,7H2. The van der Waals surface area contributed by atoms with Gasteiger partial charge in [-0.05, 0) is 0 Å². The van der Waals surface area contributed by atoms with E-state index in [9.17, 15) is 0 Å². The van der Waals surface area contributed by atoms with Gasteiger partial charge in [-0.25, -0.2) is 0 Å². The summed E-state index contributed by atoms with van der Waals surface area (Å²) >= 11 is -0.182. The van der Waals surface area contributed by atoms with Crippen molar-refractivity contribution in [2.45, 2.75) is 4.59 Å². The minimum atomic E-state index is -0.182. The Hall–Kier alpha value is -0.920. The molecule has 2 aromatic rings. The van der Waals surface area contributed by atoms with Gasteiger partial charge in [-0.3, -0.25) is 0 Å². The van der Waals surface area contributed by atoms with E-state index in [4.69, 9.17) is 0 Å². The maximum absolute atomic E-state index is 3.82. The van der Waals surface area contributed by atoms with Crippen LogP contribution in [0.15, 0.2) is 36.7 Å². The third-order valence-electron chi connectivity index (χ3n) is 1.50. The van der Waals surface area contributed by atoms with Gasteiger partial charge in [-0.1, -0.05) is 0 Å². The fourth-order valence-electron chi connectivity index (χ4n) is 0.897. The summed E-state index contributed by atoms with van der Waals surface area (Å²) in [6, 6.07) is 10.5. The zero-order chi connectivity index (χ0) is 8.93. The van der Waals surface area contributed by atoms with Crippen LogP contribution >= 0.6 is 0 Å². The van der Waals surface area contributed by atoms with Crippen molar-refractivity contribution in [1.29, 1.82) is 0 Å². The second-order valence-corrected chi connectivity index (χ2v) is 5.34. The number of nitrogens with zero attached hydrogens (tertiary/aromatic N) is 4. The SMILES string of the molecule is c1ccc([Te]Cn2cnnn2)cc1. The van der Waals surface area contributed by atoms with Crippen molar-refractivity contribution in [3.63, 3.8) is 0 Å². The van der Waals surface area contributed by atoms with E-state index < -0.39 is 0 Å². The molecule has 0 aliphatic carbocycles. The Bertz CT molecular complexity index is 346. The minimum absolute atomic E-state index is 0.182. The summed E-state index contributed by atoms with van der Waals surface area (Å²) in [5.41, 5.74) is 0. The summed E-state index contributed by atoms with van der Waals surface area (Å²) in [5.74, 6) is 0. The average molecular weight is 288 g/mol.